The van der Waals surface area contributed by atoms with E-state index in [1.54, 1.807) is 0 Å². The molecule has 2 saturated heterocycles. The first-order chi connectivity index (χ1) is 3.95. The van der Waals surface area contributed by atoms with E-state index in [0.717, 1.165) is 0 Å². The molecule has 0 aliphatic carbocycles. The maximum absolute atomic E-state index is 5.60. The molecule has 0 N–H and O–H groups in total. The van der Waals surface area contributed by atoms with Gasteiger partial charge in [0.2, 0.25) is 0 Å². The second-order valence-electron chi connectivity index (χ2n) is 2.89. The van der Waals surface area contributed by atoms with Crippen LogP contribution in [0.3, 0.4) is 0 Å². The second-order valence-corrected chi connectivity index (χ2v) is 2.89. The van der Waals surface area contributed by atoms with Gasteiger partial charge in [-0.2, -0.15) is 0 Å². The zero-order chi connectivity index (χ0) is 5.40. The Balaban J connectivity index is 2.03. The second kappa shape index (κ2) is 1.73. The average molecular weight is 112 g/mol. The van der Waals surface area contributed by atoms with Crippen molar-refractivity contribution in [2.24, 2.45) is 0 Å². The van der Waals surface area contributed by atoms with Crippen LogP contribution in [0.1, 0.15) is 32.1 Å². The molecule has 0 spiro atoms. The molecule has 0 unspecified atom stereocenters. The van der Waals surface area contributed by atoms with Gasteiger partial charge in [-0.25, -0.2) is 0 Å². The highest BCUT2D eigenvalue weighted by Crippen LogP contribution is 2.31. The van der Waals surface area contributed by atoms with Crippen LogP contribution >= 0.6 is 0 Å². The fourth-order valence-corrected chi connectivity index (χ4v) is 1.78. The van der Waals surface area contributed by atoms with E-state index < -0.39 is 0 Å². The van der Waals surface area contributed by atoms with Crippen molar-refractivity contribution in [3.05, 3.63) is 0 Å². The van der Waals surface area contributed by atoms with Gasteiger partial charge < -0.3 is 4.74 Å². The Morgan fingerprint density at radius 2 is 1.50 bits per heavy atom. The summed E-state index contributed by atoms with van der Waals surface area (Å²) in [5, 5.41) is 0. The molecule has 0 aromatic carbocycles. The third-order valence-electron chi connectivity index (χ3n) is 2.25. The van der Waals surface area contributed by atoms with Crippen molar-refractivity contribution in [2.45, 2.75) is 44.3 Å². The quantitative estimate of drug-likeness (QED) is 0.463. The molecular weight excluding hydrogens is 100 g/mol. The first kappa shape index (κ1) is 4.80. The van der Waals surface area contributed by atoms with E-state index in [2.05, 4.69) is 0 Å². The summed E-state index contributed by atoms with van der Waals surface area (Å²) >= 11 is 0. The number of fused-ring (bicyclic) bond motifs is 2. The summed E-state index contributed by atoms with van der Waals surface area (Å²) in [7, 11) is 0. The van der Waals surface area contributed by atoms with Gasteiger partial charge in [-0.1, -0.05) is 0 Å². The summed E-state index contributed by atoms with van der Waals surface area (Å²) in [6.45, 7) is 0. The minimum Gasteiger partial charge on any atom is -0.375 e. The van der Waals surface area contributed by atoms with Crippen LogP contribution in [0.25, 0.3) is 0 Å². The van der Waals surface area contributed by atoms with E-state index in [-0.39, 0.29) is 0 Å². The molecule has 0 amide bonds. The standard InChI is InChI=1S/C7H12O/c1-2-6-4-5-7(3-1)8-6/h6-7H,1-5H2/t6-,7+. The van der Waals surface area contributed by atoms with Gasteiger partial charge in [0.15, 0.2) is 0 Å². The number of ether oxygens (including phenoxy) is 1. The summed E-state index contributed by atoms with van der Waals surface area (Å²) < 4.78 is 5.60. The predicted octanol–water partition coefficient (Wildman–Crippen LogP) is 1.72. The SMILES string of the molecule is C1C[C@@H]2CC[C@H](C1)O2. The van der Waals surface area contributed by atoms with Crippen molar-refractivity contribution in [1.82, 2.24) is 0 Å². The minimum absolute atomic E-state index is 0.661. The fraction of sp³-hybridized carbons (Fsp3) is 1.00. The summed E-state index contributed by atoms with van der Waals surface area (Å²) in [5.41, 5.74) is 0. The lowest BCUT2D eigenvalue weighted by Crippen LogP contribution is -2.16. The highest BCUT2D eigenvalue weighted by molar-refractivity contribution is 4.78. The molecule has 2 aliphatic rings. The Bertz CT molecular complexity index is 76.4. The molecule has 2 rings (SSSR count). The van der Waals surface area contributed by atoms with Gasteiger partial charge in [0.05, 0.1) is 12.2 Å². The van der Waals surface area contributed by atoms with Crippen molar-refractivity contribution < 1.29 is 4.74 Å². The van der Waals surface area contributed by atoms with Crippen molar-refractivity contribution in [3.63, 3.8) is 0 Å². The highest BCUT2D eigenvalue weighted by atomic mass is 16.5. The zero-order valence-electron chi connectivity index (χ0n) is 5.10. The molecule has 0 saturated carbocycles. The molecule has 2 aliphatic heterocycles. The Morgan fingerprint density at radius 1 is 0.875 bits per heavy atom. The summed E-state index contributed by atoms with van der Waals surface area (Å²) in [6.07, 6.45) is 8.07. The molecule has 0 radical (unpaired) electrons. The Kier molecular flexibility index (Phi) is 1.04. The summed E-state index contributed by atoms with van der Waals surface area (Å²) in [5.74, 6) is 0. The molecule has 46 valence electrons. The van der Waals surface area contributed by atoms with Crippen LogP contribution in [0.15, 0.2) is 0 Å². The van der Waals surface area contributed by atoms with Gasteiger partial charge in [0, 0.05) is 0 Å². The van der Waals surface area contributed by atoms with Crippen LogP contribution in [0.4, 0.5) is 0 Å². The van der Waals surface area contributed by atoms with Crippen LogP contribution in [0.2, 0.25) is 0 Å². The van der Waals surface area contributed by atoms with Crippen LogP contribution in [-0.2, 0) is 4.74 Å². The molecule has 8 heavy (non-hydrogen) atoms. The zero-order valence-corrected chi connectivity index (χ0v) is 5.10. The smallest absolute Gasteiger partial charge is 0.0579 e. The monoisotopic (exact) mass is 112 g/mol. The minimum atomic E-state index is 0.661. The van der Waals surface area contributed by atoms with Crippen LogP contribution in [-0.4, -0.2) is 12.2 Å². The molecule has 2 bridgehead atoms. The lowest BCUT2D eigenvalue weighted by Gasteiger charge is -2.18. The Morgan fingerprint density at radius 3 is 2.00 bits per heavy atom. The Hall–Kier alpha value is -0.0400. The van der Waals surface area contributed by atoms with Gasteiger partial charge in [0.25, 0.3) is 0 Å². The molecule has 0 aromatic heterocycles. The van der Waals surface area contributed by atoms with Crippen LogP contribution in [0, 0.1) is 0 Å². The summed E-state index contributed by atoms with van der Waals surface area (Å²) in [6, 6.07) is 0. The Labute approximate surface area is 50.0 Å². The number of rotatable bonds is 0. The molecule has 1 heteroatoms. The van der Waals surface area contributed by atoms with Crippen molar-refractivity contribution in [3.8, 4) is 0 Å². The fourth-order valence-electron chi connectivity index (χ4n) is 1.78. The lowest BCUT2D eigenvalue weighted by molar-refractivity contribution is 0.00575. The normalized spacial score (nSPS) is 45.0. The maximum atomic E-state index is 5.60. The first-order valence-electron chi connectivity index (χ1n) is 3.60. The molecular formula is C7H12O. The van der Waals surface area contributed by atoms with Gasteiger partial charge in [-0.05, 0) is 32.1 Å². The van der Waals surface area contributed by atoms with Crippen LogP contribution < -0.4 is 0 Å². The van der Waals surface area contributed by atoms with E-state index in [1.165, 1.54) is 32.1 Å². The van der Waals surface area contributed by atoms with E-state index in [4.69, 9.17) is 4.74 Å². The van der Waals surface area contributed by atoms with Gasteiger partial charge in [-0.15, -0.1) is 0 Å². The van der Waals surface area contributed by atoms with Crippen molar-refractivity contribution in [2.75, 3.05) is 0 Å². The maximum Gasteiger partial charge on any atom is 0.0579 e. The summed E-state index contributed by atoms with van der Waals surface area (Å²) in [4.78, 5) is 0. The lowest BCUT2D eigenvalue weighted by atomic mass is 10.1. The van der Waals surface area contributed by atoms with E-state index in [9.17, 15) is 0 Å². The molecule has 2 atom stereocenters. The highest BCUT2D eigenvalue weighted by Gasteiger charge is 2.28. The van der Waals surface area contributed by atoms with Crippen molar-refractivity contribution >= 4 is 0 Å². The van der Waals surface area contributed by atoms with Crippen LogP contribution in [0.5, 0.6) is 0 Å². The van der Waals surface area contributed by atoms with Crippen molar-refractivity contribution in [1.29, 1.82) is 0 Å². The molecule has 0 aromatic rings. The van der Waals surface area contributed by atoms with Gasteiger partial charge in [0.1, 0.15) is 0 Å². The topological polar surface area (TPSA) is 9.23 Å². The predicted molar refractivity (Wildman–Crippen MR) is 31.7 cm³/mol. The van der Waals surface area contributed by atoms with E-state index >= 15 is 0 Å². The third-order valence-corrected chi connectivity index (χ3v) is 2.25. The number of hydrogen-bond donors (Lipinski definition) is 0. The van der Waals surface area contributed by atoms with E-state index in [0.29, 0.717) is 12.2 Å². The molecule has 2 fully saturated rings. The van der Waals surface area contributed by atoms with E-state index in [1.807, 2.05) is 0 Å². The van der Waals surface area contributed by atoms with Gasteiger partial charge >= 0.3 is 0 Å². The van der Waals surface area contributed by atoms with Gasteiger partial charge in [-0.3, -0.25) is 0 Å². The molecule has 1 nitrogen and oxygen atoms in total. The molecule has 2 heterocycles. The third kappa shape index (κ3) is 0.655. The largest absolute Gasteiger partial charge is 0.375 e. The number of hydrogen-bond acceptors (Lipinski definition) is 1. The first-order valence-corrected chi connectivity index (χ1v) is 3.60. The average Bonchev–Trinajstić information content (AvgIpc) is 2.12.